The lowest BCUT2D eigenvalue weighted by Gasteiger charge is -2.31. The average molecular weight is 867 g/mol. The quantitative estimate of drug-likeness (QED) is 0.0624. The van der Waals surface area contributed by atoms with Gasteiger partial charge in [-0.1, -0.05) is 78.9 Å². The van der Waals surface area contributed by atoms with Gasteiger partial charge in [0.25, 0.3) is 0 Å². The Labute approximate surface area is 372 Å². The van der Waals surface area contributed by atoms with Crippen molar-refractivity contribution in [3.63, 3.8) is 0 Å². The van der Waals surface area contributed by atoms with Gasteiger partial charge in [-0.25, -0.2) is 9.18 Å². The van der Waals surface area contributed by atoms with Gasteiger partial charge in [-0.15, -0.1) is 0 Å². The molecule has 1 fully saturated rings. The number of aromatic hydroxyl groups is 1. The standard InChI is InChI=1S/C51H55FN6O6/c1-34(53-26-22-38-15-20-46(59)50-43(38)18-21-47(60)56-50)30-39-31-36(14-19-44(39)52)33-54-48(61)32-35-12-16-40(17-13-35)57(2)49(62)25-29-58-27-23-41(24-28-58)64-51(63)55-45-11-7-6-10-42(45)37-8-4-3-5-9-37/h3-21,31,34,41,53,59H,22-30,32-33H2,1-2H3,(H,54,61)(H,55,63)(H,56,60). The molecule has 64 heavy (non-hydrogen) atoms. The lowest BCUT2D eigenvalue weighted by Crippen LogP contribution is -2.40. The van der Waals surface area contributed by atoms with E-state index >= 15 is 0 Å². The number of aromatic nitrogens is 1. The van der Waals surface area contributed by atoms with Gasteiger partial charge in [0.15, 0.2) is 0 Å². The van der Waals surface area contributed by atoms with Crippen LogP contribution in [0.25, 0.3) is 22.0 Å². The molecule has 7 rings (SSSR count). The highest BCUT2D eigenvalue weighted by molar-refractivity contribution is 5.93. The molecule has 1 atom stereocenters. The molecule has 1 aliphatic rings. The molecule has 1 aromatic heterocycles. The van der Waals surface area contributed by atoms with Gasteiger partial charge in [0, 0.05) is 68.4 Å². The summed E-state index contributed by atoms with van der Waals surface area (Å²) in [6, 6.07) is 36.3. The molecular weight excluding hydrogens is 812 g/mol. The highest BCUT2D eigenvalue weighted by atomic mass is 19.1. The van der Waals surface area contributed by atoms with Gasteiger partial charge < -0.3 is 35.3 Å². The summed E-state index contributed by atoms with van der Waals surface area (Å²) >= 11 is 0. The first kappa shape index (κ1) is 45.2. The lowest BCUT2D eigenvalue weighted by atomic mass is 10.0. The van der Waals surface area contributed by atoms with E-state index in [0.717, 1.165) is 52.0 Å². The van der Waals surface area contributed by atoms with E-state index in [1.54, 1.807) is 36.2 Å². The number of para-hydroxylation sites is 1. The van der Waals surface area contributed by atoms with E-state index in [4.69, 9.17) is 4.74 Å². The van der Waals surface area contributed by atoms with Crippen LogP contribution in [0.5, 0.6) is 5.75 Å². The van der Waals surface area contributed by atoms with Crippen molar-refractivity contribution in [1.29, 1.82) is 0 Å². The molecular formula is C51H55FN6O6. The number of ether oxygens (including phenoxy) is 1. The van der Waals surface area contributed by atoms with Crippen LogP contribution in [-0.2, 0) is 40.1 Å². The number of carbonyl (C=O) groups excluding carboxylic acids is 3. The normalized spacial score (nSPS) is 13.6. The maximum Gasteiger partial charge on any atom is 0.411 e. The molecule has 1 aliphatic heterocycles. The maximum absolute atomic E-state index is 14.9. The van der Waals surface area contributed by atoms with Crippen LogP contribution >= 0.6 is 0 Å². The minimum absolute atomic E-state index is 0.0208. The molecule has 5 N–H and O–H groups in total. The van der Waals surface area contributed by atoms with Gasteiger partial charge >= 0.3 is 6.09 Å². The number of carbonyl (C=O) groups is 3. The molecule has 0 saturated carbocycles. The summed E-state index contributed by atoms with van der Waals surface area (Å²) in [4.78, 5) is 57.2. The summed E-state index contributed by atoms with van der Waals surface area (Å²) in [5.74, 6) is -0.484. The smallest absolute Gasteiger partial charge is 0.411 e. The second kappa shape index (κ2) is 21.5. The monoisotopic (exact) mass is 866 g/mol. The Morgan fingerprint density at radius 1 is 0.891 bits per heavy atom. The third kappa shape index (κ3) is 12.2. The number of hydrogen-bond acceptors (Lipinski definition) is 8. The molecule has 6 aromatic rings. The number of rotatable bonds is 17. The number of halogens is 1. The molecule has 332 valence electrons. The first-order valence-electron chi connectivity index (χ1n) is 21.8. The number of likely N-dealkylation sites (tertiary alicyclic amines) is 1. The van der Waals surface area contributed by atoms with Crippen molar-refractivity contribution in [2.24, 2.45) is 0 Å². The summed E-state index contributed by atoms with van der Waals surface area (Å²) in [6.07, 6.45) is 2.28. The number of aromatic amines is 1. The number of benzene rings is 5. The van der Waals surface area contributed by atoms with E-state index in [2.05, 4.69) is 25.8 Å². The van der Waals surface area contributed by atoms with E-state index in [0.29, 0.717) is 62.0 Å². The number of amides is 3. The van der Waals surface area contributed by atoms with Gasteiger partial charge in [0.05, 0.1) is 17.6 Å². The molecule has 1 saturated heterocycles. The predicted molar refractivity (Wildman–Crippen MR) is 249 cm³/mol. The van der Waals surface area contributed by atoms with E-state index in [9.17, 15) is 28.7 Å². The molecule has 0 bridgehead atoms. The van der Waals surface area contributed by atoms with Crippen molar-refractivity contribution < 1.29 is 28.6 Å². The molecule has 1 unspecified atom stereocenters. The SMILES string of the molecule is CC(Cc1cc(CNC(=O)Cc2ccc(N(C)C(=O)CCN3CCC(OC(=O)Nc4ccccc4-c4ccccc4)CC3)cc2)ccc1F)NCCc1ccc(O)c2[nH]c(=O)ccc12. The Bertz CT molecular complexity index is 2610. The third-order valence-electron chi connectivity index (χ3n) is 11.7. The topological polar surface area (TPSA) is 156 Å². The summed E-state index contributed by atoms with van der Waals surface area (Å²) < 4.78 is 20.6. The van der Waals surface area contributed by atoms with Gasteiger partial charge in [0.2, 0.25) is 17.4 Å². The van der Waals surface area contributed by atoms with E-state index < -0.39 is 6.09 Å². The zero-order chi connectivity index (χ0) is 45.0. The number of phenolic OH excluding ortho intramolecular Hbond substituents is 1. The fourth-order valence-electron chi connectivity index (χ4n) is 8.12. The van der Waals surface area contributed by atoms with Gasteiger partial charge in [-0.05, 0) is 103 Å². The fourth-order valence-corrected chi connectivity index (χ4v) is 8.12. The molecule has 13 heteroatoms. The van der Waals surface area contributed by atoms with Crippen LogP contribution in [0.3, 0.4) is 0 Å². The molecule has 0 aliphatic carbocycles. The Morgan fingerprint density at radius 2 is 1.62 bits per heavy atom. The Kier molecular flexibility index (Phi) is 15.2. The summed E-state index contributed by atoms with van der Waals surface area (Å²) in [5.41, 5.74) is 6.60. The lowest BCUT2D eigenvalue weighted by molar-refractivity contribution is -0.120. The Hall–Kier alpha value is -6.83. The van der Waals surface area contributed by atoms with E-state index in [1.807, 2.05) is 91.9 Å². The molecule has 0 radical (unpaired) electrons. The minimum Gasteiger partial charge on any atom is -0.506 e. The largest absolute Gasteiger partial charge is 0.506 e. The van der Waals surface area contributed by atoms with Crippen molar-refractivity contribution in [2.45, 2.75) is 64.1 Å². The second-order valence-corrected chi connectivity index (χ2v) is 16.4. The van der Waals surface area contributed by atoms with Crippen molar-refractivity contribution in [1.82, 2.24) is 20.5 Å². The number of anilines is 2. The van der Waals surface area contributed by atoms with Crippen LogP contribution in [0.2, 0.25) is 0 Å². The van der Waals surface area contributed by atoms with Gasteiger partial charge in [-0.2, -0.15) is 0 Å². The minimum atomic E-state index is -0.475. The highest BCUT2D eigenvalue weighted by Crippen LogP contribution is 2.29. The molecule has 12 nitrogen and oxygen atoms in total. The highest BCUT2D eigenvalue weighted by Gasteiger charge is 2.24. The van der Waals surface area contributed by atoms with E-state index in [1.165, 1.54) is 12.1 Å². The Morgan fingerprint density at radius 3 is 2.41 bits per heavy atom. The van der Waals surface area contributed by atoms with Crippen molar-refractivity contribution in [3.8, 4) is 16.9 Å². The van der Waals surface area contributed by atoms with Gasteiger partial charge in [-0.3, -0.25) is 19.7 Å². The van der Waals surface area contributed by atoms with Crippen LogP contribution in [0.1, 0.15) is 48.4 Å². The number of nitrogens with one attached hydrogen (secondary N) is 4. The van der Waals surface area contributed by atoms with Crippen molar-refractivity contribution >= 4 is 40.2 Å². The molecule has 0 spiro atoms. The molecule has 2 heterocycles. The first-order chi connectivity index (χ1) is 31.0. The number of fused-ring (bicyclic) bond motifs is 1. The average Bonchev–Trinajstić information content (AvgIpc) is 3.30. The number of nitrogens with zero attached hydrogens (tertiary/aromatic N) is 2. The molecule has 3 amide bonds. The first-order valence-corrected chi connectivity index (χ1v) is 21.8. The predicted octanol–water partition coefficient (Wildman–Crippen LogP) is 7.73. The van der Waals surface area contributed by atoms with E-state index in [-0.39, 0.29) is 54.1 Å². The maximum atomic E-state index is 14.9. The number of hydrogen-bond donors (Lipinski definition) is 5. The van der Waals surface area contributed by atoms with Gasteiger partial charge in [0.1, 0.15) is 17.7 Å². The Balaban J connectivity index is 0.795. The summed E-state index contributed by atoms with van der Waals surface area (Å²) in [6.45, 7) is 4.89. The second-order valence-electron chi connectivity index (χ2n) is 16.4. The van der Waals surface area contributed by atoms with Crippen LogP contribution in [-0.4, -0.2) is 78.3 Å². The van der Waals surface area contributed by atoms with Crippen molar-refractivity contribution in [3.05, 3.63) is 160 Å². The fraction of sp³-hybridized carbons (Fsp3) is 0.294. The van der Waals surface area contributed by atoms with Crippen LogP contribution in [0.4, 0.5) is 20.6 Å². The van der Waals surface area contributed by atoms with Crippen LogP contribution in [0.15, 0.2) is 126 Å². The summed E-state index contributed by atoms with van der Waals surface area (Å²) in [7, 11) is 1.75. The number of H-pyrrole nitrogens is 1. The molecule has 5 aromatic carbocycles. The zero-order valence-corrected chi connectivity index (χ0v) is 36.2. The number of pyridine rings is 1. The zero-order valence-electron chi connectivity index (χ0n) is 36.2. The van der Waals surface area contributed by atoms with Crippen LogP contribution in [0, 0.1) is 5.82 Å². The number of phenols is 1. The number of piperidine rings is 1. The van der Waals surface area contributed by atoms with Crippen molar-refractivity contribution in [2.75, 3.05) is 43.4 Å². The third-order valence-corrected chi connectivity index (χ3v) is 11.7. The van der Waals surface area contributed by atoms with Crippen LogP contribution < -0.4 is 26.4 Å². The summed E-state index contributed by atoms with van der Waals surface area (Å²) in [5, 5.41) is 20.2.